The second kappa shape index (κ2) is 6.54. The highest BCUT2D eigenvalue weighted by Crippen LogP contribution is 2.18. The number of rotatable bonds is 0. The van der Waals surface area contributed by atoms with Crippen LogP contribution in [-0.4, -0.2) is 0 Å². The number of aryl methyl sites for hydroxylation is 2. The fraction of sp³-hybridized carbons (Fsp3) is 0.538. The van der Waals surface area contributed by atoms with Gasteiger partial charge in [-0.3, -0.25) is 0 Å². The Morgan fingerprint density at radius 2 is 1.31 bits per heavy atom. The lowest BCUT2D eigenvalue weighted by atomic mass is 9.93. The SMILES string of the molecule is C.CC.c1cc2c(cc#1)CCCC2. The van der Waals surface area contributed by atoms with Gasteiger partial charge in [0, 0.05) is 0 Å². The fourth-order valence-electron chi connectivity index (χ4n) is 1.54. The molecule has 0 radical (unpaired) electrons. The monoisotopic (exact) mass is 176 g/mol. The van der Waals surface area contributed by atoms with Crippen molar-refractivity contribution in [3.05, 3.63) is 35.4 Å². The largest absolute Gasteiger partial charge is 0.0776 e. The van der Waals surface area contributed by atoms with Gasteiger partial charge < -0.3 is 0 Å². The van der Waals surface area contributed by atoms with E-state index in [-0.39, 0.29) is 7.43 Å². The van der Waals surface area contributed by atoms with Crippen molar-refractivity contribution in [3.63, 3.8) is 0 Å². The molecule has 1 aliphatic rings. The van der Waals surface area contributed by atoms with Gasteiger partial charge in [-0.05, 0) is 48.9 Å². The third kappa shape index (κ3) is 3.11. The molecule has 0 saturated heterocycles. The van der Waals surface area contributed by atoms with Crippen molar-refractivity contribution in [3.8, 4) is 0 Å². The van der Waals surface area contributed by atoms with Crippen LogP contribution in [0.4, 0.5) is 0 Å². The zero-order valence-electron chi connectivity index (χ0n) is 7.98. The molecule has 0 nitrogen and oxygen atoms in total. The first-order valence-corrected chi connectivity index (χ1v) is 4.86. The van der Waals surface area contributed by atoms with E-state index in [0.717, 1.165) is 0 Å². The van der Waals surface area contributed by atoms with Crippen LogP contribution in [0.1, 0.15) is 45.2 Å². The summed E-state index contributed by atoms with van der Waals surface area (Å²) >= 11 is 0. The maximum absolute atomic E-state index is 3.00. The van der Waals surface area contributed by atoms with Crippen molar-refractivity contribution in [1.82, 2.24) is 0 Å². The second-order valence-electron chi connectivity index (χ2n) is 2.83. The number of hydrogen-bond donors (Lipinski definition) is 0. The van der Waals surface area contributed by atoms with E-state index in [0.29, 0.717) is 0 Å². The van der Waals surface area contributed by atoms with Gasteiger partial charge in [-0.1, -0.05) is 33.4 Å². The molecule has 0 heterocycles. The molecule has 13 heavy (non-hydrogen) atoms. The predicted molar refractivity (Wildman–Crippen MR) is 58.8 cm³/mol. The van der Waals surface area contributed by atoms with Crippen molar-refractivity contribution in [1.29, 1.82) is 0 Å². The summed E-state index contributed by atoms with van der Waals surface area (Å²) in [5, 5.41) is 0. The standard InChI is InChI=1S/C10H10.C2H6.CH4/c1-2-6-10-8-4-3-7-9(10)5-1;1-2;/h7-8H,1-2,5-6H2;1-2H3;1H4. The van der Waals surface area contributed by atoms with Crippen LogP contribution in [0.3, 0.4) is 0 Å². The molecule has 0 atom stereocenters. The lowest BCUT2D eigenvalue weighted by molar-refractivity contribution is 0.686. The molecule has 72 valence electrons. The van der Waals surface area contributed by atoms with Gasteiger partial charge in [0.05, 0.1) is 0 Å². The Bertz CT molecular complexity index is 200. The van der Waals surface area contributed by atoms with Crippen molar-refractivity contribution in [2.24, 2.45) is 0 Å². The normalized spacial score (nSPS) is 12.5. The van der Waals surface area contributed by atoms with Crippen molar-refractivity contribution in [2.75, 3.05) is 0 Å². The lowest BCUT2D eigenvalue weighted by Crippen LogP contribution is -2.00. The Kier molecular flexibility index (Phi) is 6.06. The molecule has 0 amide bonds. The van der Waals surface area contributed by atoms with Gasteiger partial charge in [-0.25, -0.2) is 0 Å². The van der Waals surface area contributed by atoms with Crippen LogP contribution < -0.4 is 0 Å². The molecule has 0 heteroatoms. The molecule has 0 spiro atoms. The summed E-state index contributed by atoms with van der Waals surface area (Å²) in [6.45, 7) is 4.00. The molecule has 0 saturated carbocycles. The van der Waals surface area contributed by atoms with Crippen molar-refractivity contribution < 1.29 is 0 Å². The van der Waals surface area contributed by atoms with E-state index < -0.39 is 0 Å². The van der Waals surface area contributed by atoms with E-state index in [1.54, 1.807) is 0 Å². The fourth-order valence-corrected chi connectivity index (χ4v) is 1.54. The van der Waals surface area contributed by atoms with Gasteiger partial charge in [0.2, 0.25) is 0 Å². The summed E-state index contributed by atoms with van der Waals surface area (Å²) in [6, 6.07) is 10.1. The maximum Gasteiger partial charge on any atom is -0.00803 e. The van der Waals surface area contributed by atoms with Crippen LogP contribution in [0, 0.1) is 12.1 Å². The average molecular weight is 176 g/mol. The van der Waals surface area contributed by atoms with E-state index in [1.807, 2.05) is 13.8 Å². The summed E-state index contributed by atoms with van der Waals surface area (Å²) in [4.78, 5) is 0. The molecule has 0 fully saturated rings. The number of fused-ring (bicyclic) bond motifs is 1. The summed E-state index contributed by atoms with van der Waals surface area (Å²) < 4.78 is 0. The maximum atomic E-state index is 3.00. The first-order valence-electron chi connectivity index (χ1n) is 4.86. The van der Waals surface area contributed by atoms with Crippen LogP contribution in [0.15, 0.2) is 12.1 Å². The Morgan fingerprint density at radius 3 is 1.69 bits per heavy atom. The van der Waals surface area contributed by atoms with Gasteiger partial charge >= 0.3 is 0 Å². The average Bonchev–Trinajstić information content (AvgIpc) is 2.21. The quantitative estimate of drug-likeness (QED) is 0.563. The third-order valence-corrected chi connectivity index (χ3v) is 2.13. The Labute approximate surface area is 83.0 Å². The molecule has 1 aliphatic carbocycles. The highest BCUT2D eigenvalue weighted by Gasteiger charge is 2.05. The first kappa shape index (κ1) is 12.0. The Hall–Kier alpha value is -0.960. The van der Waals surface area contributed by atoms with E-state index in [9.17, 15) is 0 Å². The van der Waals surface area contributed by atoms with Crippen molar-refractivity contribution in [2.45, 2.75) is 47.0 Å². The van der Waals surface area contributed by atoms with E-state index in [4.69, 9.17) is 0 Å². The molecule has 1 aromatic rings. The lowest BCUT2D eigenvalue weighted by Gasteiger charge is -2.12. The summed E-state index contributed by atoms with van der Waals surface area (Å²) in [5.41, 5.74) is 2.98. The molecule has 2 rings (SSSR count). The van der Waals surface area contributed by atoms with Crippen LogP contribution in [0.2, 0.25) is 0 Å². The van der Waals surface area contributed by atoms with Crippen LogP contribution in [-0.2, 0) is 12.8 Å². The summed E-state index contributed by atoms with van der Waals surface area (Å²) in [5.74, 6) is 0. The highest BCUT2D eigenvalue weighted by atomic mass is 14.1. The second-order valence-corrected chi connectivity index (χ2v) is 2.83. The van der Waals surface area contributed by atoms with Gasteiger partial charge in [0.15, 0.2) is 0 Å². The third-order valence-electron chi connectivity index (χ3n) is 2.13. The number of hydrogen-bond acceptors (Lipinski definition) is 0. The molecule has 0 aliphatic heterocycles. The van der Waals surface area contributed by atoms with Crippen LogP contribution in [0.25, 0.3) is 0 Å². The minimum atomic E-state index is 0. The van der Waals surface area contributed by atoms with E-state index in [1.165, 1.54) is 36.8 Å². The van der Waals surface area contributed by atoms with Gasteiger partial charge in [0.1, 0.15) is 0 Å². The minimum absolute atomic E-state index is 0. The molecule has 1 aromatic carbocycles. The molecule has 0 bridgehead atoms. The summed E-state index contributed by atoms with van der Waals surface area (Å²) in [6.07, 6.45) is 5.21. The van der Waals surface area contributed by atoms with Gasteiger partial charge in [0.25, 0.3) is 0 Å². The topological polar surface area (TPSA) is 0 Å². The van der Waals surface area contributed by atoms with Crippen LogP contribution in [0.5, 0.6) is 0 Å². The van der Waals surface area contributed by atoms with Gasteiger partial charge in [-0.2, -0.15) is 0 Å². The Balaban J connectivity index is 0.000000451. The summed E-state index contributed by atoms with van der Waals surface area (Å²) in [7, 11) is 0. The smallest absolute Gasteiger partial charge is 0.00803 e. The zero-order chi connectivity index (χ0) is 8.81. The van der Waals surface area contributed by atoms with Gasteiger partial charge in [-0.15, -0.1) is 0 Å². The minimum Gasteiger partial charge on any atom is -0.0776 e. The molecular weight excluding hydrogens is 156 g/mol. The predicted octanol–water partition coefficient (Wildman–Crippen LogP) is 3.83. The molecular formula is C13H20. The van der Waals surface area contributed by atoms with Crippen molar-refractivity contribution >= 4 is 0 Å². The van der Waals surface area contributed by atoms with E-state index in [2.05, 4.69) is 24.3 Å². The molecule has 0 N–H and O–H groups in total. The molecule has 0 unspecified atom stereocenters. The van der Waals surface area contributed by atoms with E-state index >= 15 is 0 Å². The zero-order valence-corrected chi connectivity index (χ0v) is 7.98. The van der Waals surface area contributed by atoms with Crippen LogP contribution >= 0.6 is 0 Å². The Morgan fingerprint density at radius 1 is 0.923 bits per heavy atom. The highest BCUT2D eigenvalue weighted by molar-refractivity contribution is 5.25. The molecule has 0 aromatic heterocycles. The first-order chi connectivity index (χ1) is 5.97.